The molecule has 2 aliphatic carbocycles. The predicted molar refractivity (Wildman–Crippen MR) is 152 cm³/mol. The summed E-state index contributed by atoms with van der Waals surface area (Å²) in [7, 11) is 0. The highest BCUT2D eigenvalue weighted by atomic mass is 32.2. The predicted octanol–water partition coefficient (Wildman–Crippen LogP) is 5.83. The molecule has 0 radical (unpaired) electrons. The Bertz CT molecular complexity index is 1560. The number of aromatic nitrogens is 6. The fraction of sp³-hybridized carbons (Fsp3) is 0.448. The van der Waals surface area contributed by atoms with Crippen molar-refractivity contribution in [1.82, 2.24) is 29.5 Å². The molecule has 6 rings (SSSR count). The number of nitrogens with zero attached hydrogens (tertiary/aromatic N) is 6. The van der Waals surface area contributed by atoms with Gasteiger partial charge in [0.1, 0.15) is 11.8 Å². The summed E-state index contributed by atoms with van der Waals surface area (Å²) in [5, 5.41) is 3.32. The van der Waals surface area contributed by atoms with E-state index in [1.807, 2.05) is 30.2 Å². The maximum atomic E-state index is 13.9. The van der Waals surface area contributed by atoms with E-state index in [0.717, 1.165) is 59.6 Å². The zero-order valence-electron chi connectivity index (χ0n) is 22.4. The quantitative estimate of drug-likeness (QED) is 0.271. The van der Waals surface area contributed by atoms with Gasteiger partial charge in [-0.25, -0.2) is 24.9 Å². The van der Waals surface area contributed by atoms with Crippen LogP contribution in [0.4, 0.5) is 5.82 Å². The first-order chi connectivity index (χ1) is 18.4. The number of anilines is 1. The van der Waals surface area contributed by atoms with Crippen LogP contribution < -0.4 is 10.9 Å². The van der Waals surface area contributed by atoms with Crippen LogP contribution in [-0.4, -0.2) is 35.2 Å². The molecule has 1 aromatic carbocycles. The highest BCUT2D eigenvalue weighted by Gasteiger charge is 2.33. The summed E-state index contributed by atoms with van der Waals surface area (Å²) in [6.07, 6.45) is 6.11. The Balaban J connectivity index is 1.44. The number of hydrogen-bond acceptors (Lipinski definition) is 8. The van der Waals surface area contributed by atoms with E-state index in [9.17, 15) is 4.79 Å². The van der Waals surface area contributed by atoms with Crippen molar-refractivity contribution in [3.05, 3.63) is 63.6 Å². The van der Waals surface area contributed by atoms with Gasteiger partial charge in [-0.2, -0.15) is 0 Å². The van der Waals surface area contributed by atoms with Crippen LogP contribution in [0.15, 0.2) is 40.3 Å². The van der Waals surface area contributed by atoms with Crippen LogP contribution in [0.5, 0.6) is 0 Å². The lowest BCUT2D eigenvalue weighted by atomic mass is 10.1. The van der Waals surface area contributed by atoms with Gasteiger partial charge in [0.15, 0.2) is 17.3 Å². The Labute approximate surface area is 226 Å². The third-order valence-electron chi connectivity index (χ3n) is 7.57. The van der Waals surface area contributed by atoms with Gasteiger partial charge < -0.3 is 5.32 Å². The van der Waals surface area contributed by atoms with Crippen molar-refractivity contribution in [1.29, 1.82) is 0 Å². The van der Waals surface area contributed by atoms with Gasteiger partial charge in [0.25, 0.3) is 5.56 Å². The average Bonchev–Trinajstić information content (AvgIpc) is 3.82. The Morgan fingerprint density at radius 2 is 1.79 bits per heavy atom. The topological polar surface area (TPSA) is 98.5 Å². The Morgan fingerprint density at radius 3 is 2.47 bits per heavy atom. The second-order valence-corrected chi connectivity index (χ2v) is 11.8. The minimum Gasteiger partial charge on any atom is -0.361 e. The first-order valence-corrected chi connectivity index (χ1v) is 14.5. The third kappa shape index (κ3) is 4.79. The maximum Gasteiger partial charge on any atom is 0.295 e. The van der Waals surface area contributed by atoms with Crippen LogP contribution in [0.1, 0.15) is 74.1 Å². The molecule has 1 atom stereocenters. The number of nitrogens with one attached hydrogen (secondary N) is 1. The number of thioether (sulfide) groups is 1. The van der Waals surface area contributed by atoms with Gasteiger partial charge in [0.05, 0.1) is 22.6 Å². The van der Waals surface area contributed by atoms with E-state index in [1.54, 1.807) is 6.33 Å². The van der Waals surface area contributed by atoms with E-state index in [2.05, 4.69) is 53.4 Å². The van der Waals surface area contributed by atoms with Crippen LogP contribution >= 0.6 is 11.8 Å². The SMILES string of the molecule is CCSc1ccc(CNc2nc3c(C)nc(-c4c(C)ncnc4C4CC4)nc3n([C@@H](C)C3CC3)c2=O)cc1. The standard InChI is InChI=1S/C29H33N7OS/c1-5-38-22-12-6-19(7-13-22)14-30-27-29(37)36(18(4)20-8-9-20)28-24(34-27)17(3)33-26(35-28)23-16(2)31-15-32-25(23)21-10-11-21/h6-7,12-13,15,18,20-21H,5,8-11,14H2,1-4H3,(H,30,34)/t18-/m0/s1. The molecule has 1 N–H and O–H groups in total. The number of aryl methyl sites for hydroxylation is 2. The summed E-state index contributed by atoms with van der Waals surface area (Å²) in [5.41, 5.74) is 5.72. The third-order valence-corrected chi connectivity index (χ3v) is 8.47. The van der Waals surface area contributed by atoms with Crippen molar-refractivity contribution in [2.24, 2.45) is 5.92 Å². The number of hydrogen-bond donors (Lipinski definition) is 1. The number of fused-ring (bicyclic) bond motifs is 1. The zero-order chi connectivity index (χ0) is 26.4. The van der Waals surface area contributed by atoms with Crippen LogP contribution in [0.2, 0.25) is 0 Å². The van der Waals surface area contributed by atoms with E-state index in [4.69, 9.17) is 15.0 Å². The molecule has 3 aromatic heterocycles. The van der Waals surface area contributed by atoms with Gasteiger partial charge in [-0.3, -0.25) is 9.36 Å². The van der Waals surface area contributed by atoms with Crippen molar-refractivity contribution < 1.29 is 0 Å². The molecule has 0 bridgehead atoms. The molecule has 0 spiro atoms. The Hall–Kier alpha value is -3.33. The molecular formula is C29H33N7OS. The molecule has 4 aromatic rings. The van der Waals surface area contributed by atoms with E-state index < -0.39 is 0 Å². The highest BCUT2D eigenvalue weighted by molar-refractivity contribution is 7.99. The molecule has 8 nitrogen and oxygen atoms in total. The number of benzene rings is 1. The highest BCUT2D eigenvalue weighted by Crippen LogP contribution is 2.44. The van der Waals surface area contributed by atoms with Crippen LogP contribution in [0, 0.1) is 19.8 Å². The lowest BCUT2D eigenvalue weighted by Crippen LogP contribution is -2.29. The largest absolute Gasteiger partial charge is 0.361 e. The molecule has 196 valence electrons. The van der Waals surface area contributed by atoms with Crippen LogP contribution in [0.3, 0.4) is 0 Å². The molecule has 2 fully saturated rings. The summed E-state index contributed by atoms with van der Waals surface area (Å²) >= 11 is 1.82. The van der Waals surface area contributed by atoms with Gasteiger partial charge in [0, 0.05) is 23.4 Å². The minimum atomic E-state index is -0.137. The van der Waals surface area contributed by atoms with Gasteiger partial charge in [-0.1, -0.05) is 19.1 Å². The van der Waals surface area contributed by atoms with Gasteiger partial charge >= 0.3 is 0 Å². The molecule has 2 saturated carbocycles. The minimum absolute atomic E-state index is 0.0251. The molecule has 0 unspecified atom stereocenters. The smallest absolute Gasteiger partial charge is 0.295 e. The van der Waals surface area contributed by atoms with Gasteiger partial charge in [0.2, 0.25) is 0 Å². The maximum absolute atomic E-state index is 13.9. The second-order valence-electron chi connectivity index (χ2n) is 10.4. The van der Waals surface area contributed by atoms with Crippen molar-refractivity contribution in [2.45, 2.75) is 76.8 Å². The Kier molecular flexibility index (Phi) is 6.63. The Morgan fingerprint density at radius 1 is 1.03 bits per heavy atom. The first kappa shape index (κ1) is 25.0. The second kappa shape index (κ2) is 10.1. The average molecular weight is 528 g/mol. The molecule has 2 aliphatic rings. The fourth-order valence-corrected chi connectivity index (χ4v) is 5.77. The van der Waals surface area contributed by atoms with Crippen LogP contribution in [0.25, 0.3) is 22.6 Å². The summed E-state index contributed by atoms with van der Waals surface area (Å²) in [6.45, 7) is 8.71. The van der Waals surface area contributed by atoms with E-state index in [-0.39, 0.29) is 11.6 Å². The van der Waals surface area contributed by atoms with E-state index in [1.165, 1.54) is 4.90 Å². The summed E-state index contributed by atoms with van der Waals surface area (Å²) in [5.74, 6) is 2.86. The molecule has 0 saturated heterocycles. The molecular weight excluding hydrogens is 494 g/mol. The molecule has 0 aliphatic heterocycles. The summed E-state index contributed by atoms with van der Waals surface area (Å²) in [6, 6.07) is 8.46. The molecule has 3 heterocycles. The van der Waals surface area contributed by atoms with Crippen molar-refractivity contribution >= 4 is 28.7 Å². The van der Waals surface area contributed by atoms with Crippen LogP contribution in [-0.2, 0) is 6.54 Å². The monoisotopic (exact) mass is 527 g/mol. The fourth-order valence-electron chi connectivity index (χ4n) is 5.11. The first-order valence-electron chi connectivity index (χ1n) is 13.5. The zero-order valence-corrected chi connectivity index (χ0v) is 23.2. The van der Waals surface area contributed by atoms with Gasteiger partial charge in [-0.05, 0) is 75.8 Å². The molecule has 0 amide bonds. The van der Waals surface area contributed by atoms with Crippen molar-refractivity contribution in [3.63, 3.8) is 0 Å². The van der Waals surface area contributed by atoms with Crippen molar-refractivity contribution in [2.75, 3.05) is 11.1 Å². The molecule has 38 heavy (non-hydrogen) atoms. The number of rotatable bonds is 9. The molecule has 9 heteroatoms. The van der Waals surface area contributed by atoms with E-state index >= 15 is 0 Å². The lowest BCUT2D eigenvalue weighted by Gasteiger charge is -2.20. The summed E-state index contributed by atoms with van der Waals surface area (Å²) < 4.78 is 1.84. The van der Waals surface area contributed by atoms with E-state index in [0.29, 0.717) is 41.2 Å². The lowest BCUT2D eigenvalue weighted by molar-refractivity contribution is 0.482. The van der Waals surface area contributed by atoms with Gasteiger partial charge in [-0.15, -0.1) is 11.8 Å². The van der Waals surface area contributed by atoms with Crippen molar-refractivity contribution in [3.8, 4) is 11.4 Å². The normalized spacial score (nSPS) is 16.1. The summed E-state index contributed by atoms with van der Waals surface area (Å²) in [4.78, 5) is 38.8.